The van der Waals surface area contributed by atoms with Gasteiger partial charge in [-0.25, -0.2) is 0 Å². The highest BCUT2D eigenvalue weighted by Crippen LogP contribution is 2.24. The lowest BCUT2D eigenvalue weighted by Crippen LogP contribution is -2.38. The van der Waals surface area contributed by atoms with Crippen LogP contribution >= 0.6 is 0 Å². The summed E-state index contributed by atoms with van der Waals surface area (Å²) < 4.78 is 0. The Morgan fingerprint density at radius 1 is 1.20 bits per heavy atom. The molecule has 0 aliphatic carbocycles. The molecule has 2 rings (SSSR count). The van der Waals surface area contributed by atoms with Gasteiger partial charge in [-0.3, -0.25) is 0 Å². The molecule has 1 aliphatic heterocycles. The molecule has 0 spiro atoms. The fourth-order valence-corrected chi connectivity index (χ4v) is 2.91. The Morgan fingerprint density at radius 3 is 2.65 bits per heavy atom. The highest BCUT2D eigenvalue weighted by Gasteiger charge is 2.26. The van der Waals surface area contributed by atoms with Crippen molar-refractivity contribution < 1.29 is 0 Å². The van der Waals surface area contributed by atoms with Crippen molar-refractivity contribution in [1.29, 1.82) is 10.5 Å². The number of anilines is 1. The summed E-state index contributed by atoms with van der Waals surface area (Å²) in [5, 5.41) is 18.3. The van der Waals surface area contributed by atoms with Gasteiger partial charge in [0.05, 0.1) is 23.7 Å². The summed E-state index contributed by atoms with van der Waals surface area (Å²) in [6.45, 7) is 4.92. The number of nitriles is 2. The lowest BCUT2D eigenvalue weighted by Gasteiger charge is -2.29. The van der Waals surface area contributed by atoms with Crippen LogP contribution in [0.5, 0.6) is 0 Å². The third-order valence-corrected chi connectivity index (χ3v) is 3.88. The second-order valence-electron chi connectivity index (χ2n) is 5.59. The van der Waals surface area contributed by atoms with Crippen molar-refractivity contribution in [3.8, 4) is 12.1 Å². The summed E-state index contributed by atoms with van der Waals surface area (Å²) >= 11 is 0. The van der Waals surface area contributed by atoms with Crippen LogP contribution < -0.4 is 4.90 Å². The van der Waals surface area contributed by atoms with E-state index in [4.69, 9.17) is 5.26 Å². The first kappa shape index (κ1) is 14.4. The van der Waals surface area contributed by atoms with Gasteiger partial charge in [-0.1, -0.05) is 19.1 Å². The standard InChI is InChI=1S/C16H20N4/c1-13-10-19(2)15(7-8-17)12-20(11-13)16-6-4-3-5-14(16)9-18/h3-6,13,15H,7,10-12H2,1-2H3. The number of benzene rings is 1. The summed E-state index contributed by atoms with van der Waals surface area (Å²) in [7, 11) is 2.08. The minimum Gasteiger partial charge on any atom is -0.369 e. The quantitative estimate of drug-likeness (QED) is 0.825. The van der Waals surface area contributed by atoms with Crippen molar-refractivity contribution in [2.75, 3.05) is 31.6 Å². The summed E-state index contributed by atoms with van der Waals surface area (Å²) in [6, 6.07) is 12.5. The van der Waals surface area contributed by atoms with Gasteiger partial charge >= 0.3 is 0 Å². The van der Waals surface area contributed by atoms with Gasteiger partial charge in [0.15, 0.2) is 0 Å². The van der Waals surface area contributed by atoms with Crippen LogP contribution in [-0.2, 0) is 0 Å². The molecule has 1 heterocycles. The fourth-order valence-electron chi connectivity index (χ4n) is 2.91. The van der Waals surface area contributed by atoms with E-state index in [2.05, 4.69) is 35.9 Å². The zero-order chi connectivity index (χ0) is 14.5. The molecular weight excluding hydrogens is 248 g/mol. The van der Waals surface area contributed by atoms with Gasteiger partial charge in [0, 0.05) is 25.7 Å². The first-order valence-corrected chi connectivity index (χ1v) is 6.97. The average molecular weight is 268 g/mol. The second kappa shape index (κ2) is 6.41. The van der Waals surface area contributed by atoms with Crippen LogP contribution in [0.2, 0.25) is 0 Å². The Morgan fingerprint density at radius 2 is 1.95 bits per heavy atom. The summed E-state index contributed by atoms with van der Waals surface area (Å²) in [5.41, 5.74) is 1.69. The van der Waals surface area contributed by atoms with Gasteiger partial charge < -0.3 is 9.80 Å². The number of nitrogens with zero attached hydrogens (tertiary/aromatic N) is 4. The molecule has 0 bridgehead atoms. The Bertz CT molecular complexity index is 540. The van der Waals surface area contributed by atoms with Crippen LogP contribution in [0.3, 0.4) is 0 Å². The van der Waals surface area contributed by atoms with E-state index in [0.717, 1.165) is 25.3 Å². The van der Waals surface area contributed by atoms with Gasteiger partial charge in [-0.15, -0.1) is 0 Å². The first-order chi connectivity index (χ1) is 9.65. The van der Waals surface area contributed by atoms with Crippen molar-refractivity contribution in [1.82, 2.24) is 4.90 Å². The zero-order valence-electron chi connectivity index (χ0n) is 12.1. The van der Waals surface area contributed by atoms with E-state index in [0.29, 0.717) is 17.9 Å². The maximum Gasteiger partial charge on any atom is 0.101 e. The molecule has 1 saturated heterocycles. The Hall–Kier alpha value is -2.04. The molecule has 1 fully saturated rings. The van der Waals surface area contributed by atoms with Crippen molar-refractivity contribution in [3.63, 3.8) is 0 Å². The van der Waals surface area contributed by atoms with Crippen LogP contribution in [0, 0.1) is 28.6 Å². The lowest BCUT2D eigenvalue weighted by molar-refractivity contribution is 0.241. The van der Waals surface area contributed by atoms with Gasteiger partial charge in [-0.05, 0) is 25.1 Å². The largest absolute Gasteiger partial charge is 0.369 e. The molecule has 0 N–H and O–H groups in total. The highest BCUT2D eigenvalue weighted by molar-refractivity contribution is 5.59. The molecule has 1 aliphatic rings. The van der Waals surface area contributed by atoms with E-state index in [1.807, 2.05) is 24.3 Å². The fraction of sp³-hybridized carbons (Fsp3) is 0.500. The zero-order valence-corrected chi connectivity index (χ0v) is 12.1. The van der Waals surface area contributed by atoms with Crippen molar-refractivity contribution in [2.24, 2.45) is 5.92 Å². The Kier molecular flexibility index (Phi) is 4.61. The maximum absolute atomic E-state index is 9.27. The monoisotopic (exact) mass is 268 g/mol. The van der Waals surface area contributed by atoms with E-state index >= 15 is 0 Å². The van der Waals surface area contributed by atoms with Gasteiger partial charge in [0.2, 0.25) is 0 Å². The van der Waals surface area contributed by atoms with Crippen molar-refractivity contribution in [3.05, 3.63) is 29.8 Å². The molecule has 4 nitrogen and oxygen atoms in total. The van der Waals surface area contributed by atoms with Gasteiger partial charge in [0.25, 0.3) is 0 Å². The number of likely N-dealkylation sites (N-methyl/N-ethyl adjacent to an activating group) is 1. The van der Waals surface area contributed by atoms with Crippen molar-refractivity contribution in [2.45, 2.75) is 19.4 Å². The van der Waals surface area contributed by atoms with Crippen LogP contribution in [0.25, 0.3) is 0 Å². The Balaban J connectivity index is 2.30. The minimum atomic E-state index is 0.219. The van der Waals surface area contributed by atoms with Gasteiger partial charge in [0.1, 0.15) is 6.07 Å². The third kappa shape index (κ3) is 3.10. The summed E-state index contributed by atoms with van der Waals surface area (Å²) in [5.74, 6) is 0.510. The van der Waals surface area contributed by atoms with Crippen LogP contribution in [0.4, 0.5) is 5.69 Å². The second-order valence-corrected chi connectivity index (χ2v) is 5.59. The van der Waals surface area contributed by atoms with Crippen LogP contribution in [0.1, 0.15) is 18.9 Å². The maximum atomic E-state index is 9.27. The Labute approximate surface area is 120 Å². The minimum absolute atomic E-state index is 0.219. The topological polar surface area (TPSA) is 54.1 Å². The molecule has 0 saturated carbocycles. The van der Waals surface area contributed by atoms with Crippen LogP contribution in [-0.4, -0.2) is 37.6 Å². The van der Waals surface area contributed by atoms with E-state index in [-0.39, 0.29) is 6.04 Å². The summed E-state index contributed by atoms with van der Waals surface area (Å²) in [6.07, 6.45) is 0.522. The number of rotatable bonds is 2. The number of hydrogen-bond acceptors (Lipinski definition) is 4. The lowest BCUT2D eigenvalue weighted by atomic mass is 10.1. The van der Waals surface area contributed by atoms with Crippen molar-refractivity contribution >= 4 is 5.69 Å². The van der Waals surface area contributed by atoms with E-state index in [1.165, 1.54) is 0 Å². The van der Waals surface area contributed by atoms with E-state index in [1.54, 1.807) is 0 Å². The molecule has 0 amide bonds. The molecule has 0 aromatic heterocycles. The molecule has 4 heteroatoms. The molecule has 2 unspecified atom stereocenters. The highest BCUT2D eigenvalue weighted by atomic mass is 15.2. The molecule has 1 aromatic rings. The molecule has 104 valence electrons. The molecule has 20 heavy (non-hydrogen) atoms. The normalized spacial score (nSPS) is 23.7. The first-order valence-electron chi connectivity index (χ1n) is 6.97. The predicted molar refractivity (Wildman–Crippen MR) is 79.2 cm³/mol. The smallest absolute Gasteiger partial charge is 0.101 e. The molecule has 1 aromatic carbocycles. The average Bonchev–Trinajstić information content (AvgIpc) is 2.58. The van der Waals surface area contributed by atoms with E-state index in [9.17, 15) is 5.26 Å². The molecule has 2 atom stereocenters. The molecular formula is C16H20N4. The predicted octanol–water partition coefficient (Wildman–Crippen LogP) is 2.23. The van der Waals surface area contributed by atoms with Gasteiger partial charge in [-0.2, -0.15) is 10.5 Å². The third-order valence-electron chi connectivity index (χ3n) is 3.88. The summed E-state index contributed by atoms with van der Waals surface area (Å²) in [4.78, 5) is 4.53. The van der Waals surface area contributed by atoms with E-state index < -0.39 is 0 Å². The number of para-hydroxylation sites is 1. The molecule has 0 radical (unpaired) electrons. The SMILES string of the molecule is CC1CN(c2ccccc2C#N)CC(CC#N)N(C)C1. The van der Waals surface area contributed by atoms with Crippen LogP contribution in [0.15, 0.2) is 24.3 Å². The number of hydrogen-bond donors (Lipinski definition) is 0.